The fourth-order valence-corrected chi connectivity index (χ4v) is 3.48. The van der Waals surface area contributed by atoms with Crippen LogP contribution in [-0.2, 0) is 4.74 Å². The Morgan fingerprint density at radius 3 is 2.16 bits per heavy atom. The third-order valence-corrected chi connectivity index (χ3v) is 4.84. The van der Waals surface area contributed by atoms with Crippen molar-refractivity contribution in [3.63, 3.8) is 0 Å². The van der Waals surface area contributed by atoms with E-state index >= 15 is 0 Å². The summed E-state index contributed by atoms with van der Waals surface area (Å²) in [7, 11) is 0. The van der Waals surface area contributed by atoms with Crippen LogP contribution in [0, 0.1) is 5.92 Å². The first-order valence-corrected chi connectivity index (χ1v) is 8.31. The maximum atomic E-state index is 6.62. The standard InChI is InChI=1S/C17H33NO/c1-14-7-9-15(10-8-14)19-17(11-5-6-12-17)13-18-16(2,3)4/h14-15,18H,5-13H2,1-4H3. The Morgan fingerprint density at radius 2 is 1.63 bits per heavy atom. The number of hydrogen-bond acceptors (Lipinski definition) is 2. The molecule has 2 aliphatic rings. The van der Waals surface area contributed by atoms with Crippen LogP contribution in [0.2, 0.25) is 0 Å². The largest absolute Gasteiger partial charge is 0.370 e. The Morgan fingerprint density at radius 1 is 1.05 bits per heavy atom. The van der Waals surface area contributed by atoms with Gasteiger partial charge in [0, 0.05) is 12.1 Å². The lowest BCUT2D eigenvalue weighted by Gasteiger charge is -2.38. The highest BCUT2D eigenvalue weighted by Gasteiger charge is 2.38. The summed E-state index contributed by atoms with van der Waals surface area (Å²) >= 11 is 0. The minimum Gasteiger partial charge on any atom is -0.370 e. The van der Waals surface area contributed by atoms with E-state index in [9.17, 15) is 0 Å². The number of nitrogens with one attached hydrogen (secondary N) is 1. The lowest BCUT2D eigenvalue weighted by atomic mass is 9.88. The second-order valence-electron chi connectivity index (χ2n) is 7.99. The van der Waals surface area contributed by atoms with Crippen LogP contribution in [0.5, 0.6) is 0 Å². The van der Waals surface area contributed by atoms with E-state index in [1.165, 1.54) is 51.4 Å². The summed E-state index contributed by atoms with van der Waals surface area (Å²) in [6.45, 7) is 10.2. The predicted octanol–water partition coefficient (Wildman–Crippen LogP) is 4.28. The fraction of sp³-hybridized carbons (Fsp3) is 1.00. The van der Waals surface area contributed by atoms with E-state index < -0.39 is 0 Å². The number of hydrogen-bond donors (Lipinski definition) is 1. The average molecular weight is 267 g/mol. The monoisotopic (exact) mass is 267 g/mol. The van der Waals surface area contributed by atoms with Crippen LogP contribution in [0.15, 0.2) is 0 Å². The minimum atomic E-state index is 0.137. The molecule has 0 atom stereocenters. The maximum Gasteiger partial charge on any atom is 0.0810 e. The Balaban J connectivity index is 1.88. The molecule has 112 valence electrons. The van der Waals surface area contributed by atoms with E-state index in [1.807, 2.05) is 0 Å². The molecule has 0 bridgehead atoms. The molecular formula is C17H33NO. The van der Waals surface area contributed by atoms with Crippen LogP contribution in [-0.4, -0.2) is 23.8 Å². The van der Waals surface area contributed by atoms with E-state index in [2.05, 4.69) is 33.0 Å². The molecule has 0 aromatic heterocycles. The van der Waals surface area contributed by atoms with Gasteiger partial charge in [-0.1, -0.05) is 19.8 Å². The Labute approximate surface area is 119 Å². The lowest BCUT2D eigenvalue weighted by Crippen LogP contribution is -2.49. The molecule has 0 aromatic carbocycles. The van der Waals surface area contributed by atoms with Crippen molar-refractivity contribution in [1.82, 2.24) is 5.32 Å². The zero-order valence-corrected chi connectivity index (χ0v) is 13.4. The van der Waals surface area contributed by atoms with Gasteiger partial charge in [-0.25, -0.2) is 0 Å². The van der Waals surface area contributed by atoms with Crippen LogP contribution >= 0.6 is 0 Å². The zero-order chi connectivity index (χ0) is 13.9. The number of ether oxygens (including phenoxy) is 1. The highest BCUT2D eigenvalue weighted by Crippen LogP contribution is 2.37. The molecule has 0 aliphatic heterocycles. The Kier molecular flexibility index (Phi) is 4.94. The summed E-state index contributed by atoms with van der Waals surface area (Å²) in [4.78, 5) is 0. The molecule has 0 unspecified atom stereocenters. The van der Waals surface area contributed by atoms with Crippen molar-refractivity contribution in [2.45, 2.75) is 96.3 Å². The normalized spacial score (nSPS) is 31.6. The van der Waals surface area contributed by atoms with Gasteiger partial charge in [-0.2, -0.15) is 0 Å². The molecule has 2 nitrogen and oxygen atoms in total. The highest BCUT2D eigenvalue weighted by atomic mass is 16.5. The first-order chi connectivity index (χ1) is 8.89. The SMILES string of the molecule is CC1CCC(OC2(CNC(C)(C)C)CCCC2)CC1. The fourth-order valence-electron chi connectivity index (χ4n) is 3.48. The van der Waals surface area contributed by atoms with Crippen LogP contribution in [0.1, 0.15) is 79.1 Å². The first-order valence-electron chi connectivity index (χ1n) is 8.31. The van der Waals surface area contributed by atoms with Crippen LogP contribution < -0.4 is 5.32 Å². The third kappa shape index (κ3) is 4.75. The quantitative estimate of drug-likeness (QED) is 0.820. The predicted molar refractivity (Wildman–Crippen MR) is 81.5 cm³/mol. The Bertz CT molecular complexity index is 267. The van der Waals surface area contributed by atoms with Gasteiger partial charge < -0.3 is 10.1 Å². The summed E-state index contributed by atoms with van der Waals surface area (Å²) in [5, 5.41) is 3.68. The molecule has 19 heavy (non-hydrogen) atoms. The smallest absolute Gasteiger partial charge is 0.0810 e. The van der Waals surface area contributed by atoms with E-state index in [0.29, 0.717) is 6.10 Å². The summed E-state index contributed by atoms with van der Waals surface area (Å²) in [6.07, 6.45) is 11.0. The molecule has 2 saturated carbocycles. The van der Waals surface area contributed by atoms with Crippen LogP contribution in [0.3, 0.4) is 0 Å². The van der Waals surface area contributed by atoms with Gasteiger partial charge >= 0.3 is 0 Å². The van der Waals surface area contributed by atoms with E-state index in [4.69, 9.17) is 4.74 Å². The van der Waals surface area contributed by atoms with Gasteiger partial charge in [-0.15, -0.1) is 0 Å². The average Bonchev–Trinajstić information content (AvgIpc) is 2.78. The van der Waals surface area contributed by atoms with Gasteiger partial charge in [0.05, 0.1) is 11.7 Å². The Hall–Kier alpha value is -0.0800. The van der Waals surface area contributed by atoms with Gasteiger partial charge in [-0.3, -0.25) is 0 Å². The molecule has 0 spiro atoms. The molecular weight excluding hydrogens is 234 g/mol. The van der Waals surface area contributed by atoms with Gasteiger partial charge in [0.2, 0.25) is 0 Å². The molecule has 0 aromatic rings. The van der Waals surface area contributed by atoms with E-state index in [0.717, 1.165) is 12.5 Å². The van der Waals surface area contributed by atoms with Gasteiger partial charge in [0.15, 0.2) is 0 Å². The molecule has 1 N–H and O–H groups in total. The highest BCUT2D eigenvalue weighted by molar-refractivity contribution is 4.92. The zero-order valence-electron chi connectivity index (χ0n) is 13.4. The summed E-state index contributed by atoms with van der Waals surface area (Å²) in [5.74, 6) is 0.909. The second-order valence-corrected chi connectivity index (χ2v) is 7.99. The summed E-state index contributed by atoms with van der Waals surface area (Å²) < 4.78 is 6.62. The molecule has 0 radical (unpaired) electrons. The van der Waals surface area contributed by atoms with Crippen LogP contribution in [0.25, 0.3) is 0 Å². The molecule has 2 fully saturated rings. The van der Waals surface area contributed by atoms with Crippen molar-refractivity contribution in [2.75, 3.05) is 6.54 Å². The van der Waals surface area contributed by atoms with E-state index in [1.54, 1.807) is 0 Å². The van der Waals surface area contributed by atoms with Gasteiger partial charge in [0.25, 0.3) is 0 Å². The lowest BCUT2D eigenvalue weighted by molar-refractivity contribution is -0.105. The minimum absolute atomic E-state index is 0.137. The summed E-state index contributed by atoms with van der Waals surface area (Å²) in [5.41, 5.74) is 0.332. The van der Waals surface area contributed by atoms with Crippen molar-refractivity contribution < 1.29 is 4.74 Å². The topological polar surface area (TPSA) is 21.3 Å². The van der Waals surface area contributed by atoms with Crippen LogP contribution in [0.4, 0.5) is 0 Å². The van der Waals surface area contributed by atoms with Crippen molar-refractivity contribution in [2.24, 2.45) is 5.92 Å². The van der Waals surface area contributed by atoms with Crippen molar-refractivity contribution >= 4 is 0 Å². The third-order valence-electron chi connectivity index (χ3n) is 4.84. The van der Waals surface area contributed by atoms with E-state index in [-0.39, 0.29) is 11.1 Å². The molecule has 2 aliphatic carbocycles. The molecule has 2 rings (SSSR count). The van der Waals surface area contributed by atoms with Crippen molar-refractivity contribution in [1.29, 1.82) is 0 Å². The van der Waals surface area contributed by atoms with Gasteiger partial charge in [0.1, 0.15) is 0 Å². The second kappa shape index (κ2) is 6.13. The van der Waals surface area contributed by atoms with Crippen molar-refractivity contribution in [3.8, 4) is 0 Å². The molecule has 0 saturated heterocycles. The number of rotatable bonds is 4. The summed E-state index contributed by atoms with van der Waals surface area (Å²) in [6, 6.07) is 0. The molecule has 2 heteroatoms. The molecule has 0 heterocycles. The van der Waals surface area contributed by atoms with Crippen molar-refractivity contribution in [3.05, 3.63) is 0 Å². The van der Waals surface area contributed by atoms with Gasteiger partial charge in [-0.05, 0) is 65.2 Å². The maximum absolute atomic E-state index is 6.62. The molecule has 0 amide bonds. The first kappa shape index (κ1) is 15.3.